The number of aliphatic hydroxyl groups is 1. The molecule has 1 aromatic carbocycles. The van der Waals surface area contributed by atoms with E-state index >= 15 is 0 Å². The number of hydrogen-bond donors (Lipinski definition) is 2. The quantitative estimate of drug-likeness (QED) is 0.747. The Labute approximate surface area is 143 Å². The molecule has 0 aliphatic heterocycles. The molecule has 1 atom stereocenters. The highest BCUT2D eigenvalue weighted by atomic mass is 32.1. The number of ether oxygens (including phenoxy) is 1. The smallest absolute Gasteiger partial charge is 0.252 e. The van der Waals surface area contributed by atoms with Crippen LogP contribution in [0.3, 0.4) is 0 Å². The predicted octanol–water partition coefficient (Wildman–Crippen LogP) is 3.08. The number of aromatic nitrogens is 1. The third kappa shape index (κ3) is 3.39. The zero-order chi connectivity index (χ0) is 17.1. The number of hydrogen-bond acceptors (Lipinski definition) is 5. The Balaban J connectivity index is 1.86. The van der Waals surface area contributed by atoms with Crippen LogP contribution < -0.4 is 10.1 Å². The van der Waals surface area contributed by atoms with Gasteiger partial charge in [-0.2, -0.15) is 11.3 Å². The number of methoxy groups -OCH3 is 1. The fourth-order valence-electron chi connectivity index (χ4n) is 2.52. The number of aliphatic hydroxyl groups excluding tert-OH is 1. The van der Waals surface area contributed by atoms with Crippen LogP contribution in [0.1, 0.15) is 27.7 Å². The molecule has 24 heavy (non-hydrogen) atoms. The zero-order valence-corrected chi connectivity index (χ0v) is 14.3. The topological polar surface area (TPSA) is 71.5 Å². The maximum atomic E-state index is 12.6. The van der Waals surface area contributed by atoms with Crippen LogP contribution in [-0.4, -0.2) is 29.7 Å². The lowest BCUT2D eigenvalue weighted by Gasteiger charge is -2.13. The van der Waals surface area contributed by atoms with Crippen LogP contribution in [-0.2, 0) is 0 Å². The van der Waals surface area contributed by atoms with E-state index in [0.29, 0.717) is 11.3 Å². The number of nitrogens with one attached hydrogen (secondary N) is 1. The van der Waals surface area contributed by atoms with Crippen LogP contribution >= 0.6 is 11.3 Å². The van der Waals surface area contributed by atoms with Gasteiger partial charge in [-0.3, -0.25) is 9.78 Å². The van der Waals surface area contributed by atoms with Gasteiger partial charge in [-0.05, 0) is 53.6 Å². The molecule has 3 rings (SSSR count). The monoisotopic (exact) mass is 342 g/mol. The number of carbonyl (C=O) groups is 1. The minimum Gasteiger partial charge on any atom is -0.497 e. The van der Waals surface area contributed by atoms with Gasteiger partial charge in [0, 0.05) is 17.6 Å². The van der Waals surface area contributed by atoms with E-state index in [1.54, 1.807) is 19.2 Å². The molecule has 2 N–H and O–H groups in total. The summed E-state index contributed by atoms with van der Waals surface area (Å²) in [5, 5.41) is 17.4. The SMILES string of the molecule is COc1ccc2nc(C)cc(C(=O)NC[C@@H](O)c3ccsc3)c2c1. The van der Waals surface area contributed by atoms with Crippen LogP contribution in [0.5, 0.6) is 5.75 Å². The number of amides is 1. The van der Waals surface area contributed by atoms with Crippen LogP contribution in [0.4, 0.5) is 0 Å². The molecule has 0 fully saturated rings. The second-order valence-electron chi connectivity index (χ2n) is 5.48. The van der Waals surface area contributed by atoms with E-state index in [1.165, 1.54) is 11.3 Å². The summed E-state index contributed by atoms with van der Waals surface area (Å²) < 4.78 is 5.24. The lowest BCUT2D eigenvalue weighted by atomic mass is 10.1. The average Bonchev–Trinajstić information content (AvgIpc) is 3.13. The molecule has 0 bridgehead atoms. The number of benzene rings is 1. The molecule has 2 aromatic heterocycles. The first-order valence-corrected chi connectivity index (χ1v) is 8.46. The summed E-state index contributed by atoms with van der Waals surface area (Å²) >= 11 is 1.51. The van der Waals surface area contributed by atoms with Crippen molar-refractivity contribution in [1.82, 2.24) is 10.3 Å². The van der Waals surface area contributed by atoms with E-state index < -0.39 is 6.10 Å². The molecule has 0 spiro atoms. The Hall–Kier alpha value is -2.44. The first-order chi connectivity index (χ1) is 11.6. The highest BCUT2D eigenvalue weighted by Gasteiger charge is 2.15. The van der Waals surface area contributed by atoms with Crippen molar-refractivity contribution in [2.75, 3.05) is 13.7 Å². The molecule has 0 saturated heterocycles. The van der Waals surface area contributed by atoms with E-state index in [0.717, 1.165) is 22.2 Å². The van der Waals surface area contributed by atoms with Gasteiger partial charge in [0.25, 0.3) is 5.91 Å². The van der Waals surface area contributed by atoms with Crippen molar-refractivity contribution in [3.8, 4) is 5.75 Å². The van der Waals surface area contributed by atoms with Crippen LogP contribution in [0.15, 0.2) is 41.1 Å². The number of aryl methyl sites for hydroxylation is 1. The second-order valence-corrected chi connectivity index (χ2v) is 6.26. The summed E-state index contributed by atoms with van der Waals surface area (Å²) in [7, 11) is 1.58. The van der Waals surface area contributed by atoms with Crippen molar-refractivity contribution < 1.29 is 14.6 Å². The molecule has 6 heteroatoms. The number of fused-ring (bicyclic) bond motifs is 1. The molecule has 0 aliphatic carbocycles. The third-order valence-corrected chi connectivity index (χ3v) is 4.47. The molecule has 0 unspecified atom stereocenters. The fraction of sp³-hybridized carbons (Fsp3) is 0.222. The van der Waals surface area contributed by atoms with Gasteiger partial charge >= 0.3 is 0 Å². The summed E-state index contributed by atoms with van der Waals surface area (Å²) in [5.74, 6) is 0.425. The standard InChI is InChI=1S/C18H18N2O3S/c1-11-7-15(14-8-13(23-2)3-4-16(14)20-11)18(22)19-9-17(21)12-5-6-24-10-12/h3-8,10,17,21H,9H2,1-2H3,(H,19,22)/t17-/m1/s1. The molecule has 1 amide bonds. The minimum absolute atomic E-state index is 0.155. The maximum Gasteiger partial charge on any atom is 0.252 e. The molecule has 0 radical (unpaired) electrons. The molecular weight excluding hydrogens is 324 g/mol. The summed E-state index contributed by atoms with van der Waals surface area (Å²) in [4.78, 5) is 17.0. The summed E-state index contributed by atoms with van der Waals surface area (Å²) in [6, 6.07) is 9.04. The number of rotatable bonds is 5. The average molecular weight is 342 g/mol. The normalized spacial score (nSPS) is 12.1. The lowest BCUT2D eigenvalue weighted by molar-refractivity contribution is 0.0918. The van der Waals surface area contributed by atoms with Crippen molar-refractivity contribution in [3.63, 3.8) is 0 Å². The van der Waals surface area contributed by atoms with Gasteiger partial charge < -0.3 is 15.2 Å². The van der Waals surface area contributed by atoms with Crippen LogP contribution in [0.25, 0.3) is 10.9 Å². The molecular formula is C18H18N2O3S. The van der Waals surface area contributed by atoms with Gasteiger partial charge in [0.2, 0.25) is 0 Å². The first kappa shape index (κ1) is 16.4. The van der Waals surface area contributed by atoms with Crippen molar-refractivity contribution in [2.45, 2.75) is 13.0 Å². The van der Waals surface area contributed by atoms with E-state index in [-0.39, 0.29) is 12.5 Å². The largest absolute Gasteiger partial charge is 0.497 e. The van der Waals surface area contributed by atoms with Crippen molar-refractivity contribution >= 4 is 28.1 Å². The predicted molar refractivity (Wildman–Crippen MR) is 94.6 cm³/mol. The minimum atomic E-state index is -0.719. The van der Waals surface area contributed by atoms with Crippen LogP contribution in [0.2, 0.25) is 0 Å². The van der Waals surface area contributed by atoms with E-state index in [9.17, 15) is 9.90 Å². The lowest BCUT2D eigenvalue weighted by Crippen LogP contribution is -2.28. The summed E-state index contributed by atoms with van der Waals surface area (Å²) in [6.07, 6.45) is -0.719. The zero-order valence-electron chi connectivity index (χ0n) is 13.4. The number of carbonyl (C=O) groups excluding carboxylic acids is 1. The molecule has 3 aromatic rings. The molecule has 5 nitrogen and oxygen atoms in total. The first-order valence-electron chi connectivity index (χ1n) is 7.52. The number of nitrogens with zero attached hydrogens (tertiary/aromatic N) is 1. The van der Waals surface area contributed by atoms with Gasteiger partial charge in [-0.1, -0.05) is 0 Å². The van der Waals surface area contributed by atoms with Gasteiger partial charge in [-0.15, -0.1) is 0 Å². The molecule has 0 aliphatic rings. The Morgan fingerprint density at radius 1 is 1.38 bits per heavy atom. The van der Waals surface area contributed by atoms with Crippen molar-refractivity contribution in [3.05, 3.63) is 57.9 Å². The Morgan fingerprint density at radius 2 is 2.21 bits per heavy atom. The third-order valence-electron chi connectivity index (χ3n) is 3.77. The fourth-order valence-corrected chi connectivity index (χ4v) is 3.23. The molecule has 0 saturated carbocycles. The summed E-state index contributed by atoms with van der Waals surface area (Å²) in [6.45, 7) is 2.00. The van der Waals surface area contributed by atoms with E-state index in [1.807, 2.05) is 35.9 Å². The van der Waals surface area contributed by atoms with Gasteiger partial charge in [0.15, 0.2) is 0 Å². The van der Waals surface area contributed by atoms with Gasteiger partial charge in [0.1, 0.15) is 5.75 Å². The van der Waals surface area contributed by atoms with Crippen molar-refractivity contribution in [2.24, 2.45) is 0 Å². The highest BCUT2D eigenvalue weighted by molar-refractivity contribution is 7.07. The Morgan fingerprint density at radius 3 is 2.92 bits per heavy atom. The molecule has 2 heterocycles. The number of thiophene rings is 1. The van der Waals surface area contributed by atoms with Gasteiger partial charge in [0.05, 0.1) is 24.3 Å². The Kier molecular flexibility index (Phi) is 4.78. The van der Waals surface area contributed by atoms with Gasteiger partial charge in [-0.25, -0.2) is 0 Å². The second kappa shape index (κ2) is 6.98. The van der Waals surface area contributed by atoms with Crippen molar-refractivity contribution in [1.29, 1.82) is 0 Å². The Bertz CT molecular complexity index is 862. The highest BCUT2D eigenvalue weighted by Crippen LogP contribution is 2.24. The van der Waals surface area contributed by atoms with E-state index in [2.05, 4.69) is 10.3 Å². The van der Waals surface area contributed by atoms with E-state index in [4.69, 9.17) is 4.74 Å². The molecule has 124 valence electrons. The van der Waals surface area contributed by atoms with Crippen LogP contribution in [0, 0.1) is 6.92 Å². The number of pyridine rings is 1. The summed E-state index contributed by atoms with van der Waals surface area (Å²) in [5.41, 5.74) is 2.82. The maximum absolute atomic E-state index is 12.6.